The summed E-state index contributed by atoms with van der Waals surface area (Å²) in [6.45, 7) is 17.8. The summed E-state index contributed by atoms with van der Waals surface area (Å²) in [5, 5.41) is 28.9. The maximum Gasteiger partial charge on any atom is 0.407 e. The van der Waals surface area contributed by atoms with Gasteiger partial charge in [-0.1, -0.05) is 20.8 Å². The number of nitrogens with one attached hydrogen (secondary N) is 5. The zero-order valence-electron chi connectivity index (χ0n) is 38.1. The van der Waals surface area contributed by atoms with E-state index in [-0.39, 0.29) is 55.3 Å². The molecule has 8 bridgehead atoms. The number of aliphatic carboxylic acids is 1. The van der Waals surface area contributed by atoms with Crippen molar-refractivity contribution in [2.45, 2.75) is 137 Å². The monoisotopic (exact) mass is 868 g/mol. The number of carboxylic acid groups (broad SMARTS) is 2. The molecule has 9 N–H and O–H groups in total. The van der Waals surface area contributed by atoms with E-state index in [1.165, 1.54) is 0 Å². The number of aromatic amines is 2. The standard InChI is InChI=1S/C47H64N8O8/c1-10-28-24(3)33-21-35-26(5)30(15-16-40(57)58)42(54-35)31(20-39(56)49-18-19-50-44(59)32(48)14-12-13-17-51-46(62)63-47(7,8)9)43-41(45(60)61)27(6)36(55-43)23-38-29(11-2)25(4)34(53-38)22-37(28)52-33/h21-23,26,30,32,52,55H,10-20,48H2,1-9H3,(H,49,56)(H,50,59)(H,51,62)(H,57,58)(H,60,61). The van der Waals surface area contributed by atoms with E-state index in [9.17, 15) is 34.2 Å². The van der Waals surface area contributed by atoms with Crippen molar-refractivity contribution >= 4 is 63.1 Å². The number of unbranched alkanes of at least 4 members (excludes halogenated alkanes) is 1. The van der Waals surface area contributed by atoms with Crippen LogP contribution in [0.2, 0.25) is 0 Å². The minimum atomic E-state index is -1.20. The lowest BCUT2D eigenvalue weighted by Crippen LogP contribution is -2.43. The predicted molar refractivity (Wildman–Crippen MR) is 243 cm³/mol. The Morgan fingerprint density at radius 2 is 1.52 bits per heavy atom. The number of amides is 3. The number of nitrogens with two attached hydrogens (primary N) is 1. The first-order valence-corrected chi connectivity index (χ1v) is 21.9. The van der Waals surface area contributed by atoms with Crippen molar-refractivity contribution in [1.29, 1.82) is 0 Å². The van der Waals surface area contributed by atoms with Crippen LogP contribution in [0.1, 0.15) is 154 Å². The number of aromatic nitrogens is 4. The normalized spacial score (nSPS) is 15.5. The van der Waals surface area contributed by atoms with Crippen molar-refractivity contribution in [2.75, 3.05) is 19.6 Å². The van der Waals surface area contributed by atoms with Gasteiger partial charge in [0.25, 0.3) is 0 Å². The number of H-pyrrole nitrogens is 2. The zero-order chi connectivity index (χ0) is 46.3. The van der Waals surface area contributed by atoms with Crippen LogP contribution >= 0.6 is 0 Å². The van der Waals surface area contributed by atoms with Gasteiger partial charge in [-0.05, 0) is 126 Å². The average molecular weight is 869 g/mol. The molecule has 5 heterocycles. The average Bonchev–Trinajstić information content (AvgIpc) is 3.89. The van der Waals surface area contributed by atoms with E-state index in [0.29, 0.717) is 66.0 Å². The number of alkyl carbamates (subject to hydrolysis) is 1. The summed E-state index contributed by atoms with van der Waals surface area (Å²) in [5.41, 5.74) is 15.7. The van der Waals surface area contributed by atoms with Crippen LogP contribution in [0.4, 0.5) is 4.79 Å². The number of rotatable bonds is 17. The van der Waals surface area contributed by atoms with Gasteiger partial charge < -0.3 is 46.6 Å². The van der Waals surface area contributed by atoms with Gasteiger partial charge in [-0.15, -0.1) is 0 Å². The van der Waals surface area contributed by atoms with E-state index >= 15 is 0 Å². The number of nitrogens with zero attached hydrogens (tertiary/aromatic N) is 2. The molecule has 0 aliphatic carbocycles. The highest BCUT2D eigenvalue weighted by atomic mass is 16.6. The molecule has 0 aromatic carbocycles. The van der Waals surface area contributed by atoms with Crippen LogP contribution in [0.15, 0.2) is 18.2 Å². The molecule has 0 fully saturated rings. The van der Waals surface area contributed by atoms with E-state index in [2.05, 4.69) is 52.8 Å². The minimum Gasteiger partial charge on any atom is -0.481 e. The van der Waals surface area contributed by atoms with Gasteiger partial charge in [-0.2, -0.15) is 0 Å². The van der Waals surface area contributed by atoms with Crippen LogP contribution in [0, 0.1) is 13.8 Å². The van der Waals surface area contributed by atoms with Crippen molar-refractivity contribution in [2.24, 2.45) is 5.73 Å². The number of aryl methyl sites for hydroxylation is 3. The molecular weight excluding hydrogens is 805 g/mol. The summed E-state index contributed by atoms with van der Waals surface area (Å²) >= 11 is 0. The molecular formula is C47H64N8O8. The van der Waals surface area contributed by atoms with E-state index in [4.69, 9.17) is 20.4 Å². The van der Waals surface area contributed by atoms with Crippen molar-refractivity contribution in [1.82, 2.24) is 35.9 Å². The fourth-order valence-corrected chi connectivity index (χ4v) is 8.47. The van der Waals surface area contributed by atoms with E-state index < -0.39 is 41.5 Å². The lowest BCUT2D eigenvalue weighted by Gasteiger charge is -2.19. The zero-order valence-corrected chi connectivity index (χ0v) is 38.1. The number of hydrogen-bond acceptors (Lipinski definition) is 9. The molecule has 5 rings (SSSR count). The van der Waals surface area contributed by atoms with Crippen molar-refractivity contribution in [3.05, 3.63) is 68.8 Å². The summed E-state index contributed by atoms with van der Waals surface area (Å²) in [6, 6.07) is 5.09. The number of carbonyl (C=O) groups is 5. The van der Waals surface area contributed by atoms with Gasteiger partial charge in [0.2, 0.25) is 11.8 Å². The molecule has 3 unspecified atom stereocenters. The van der Waals surface area contributed by atoms with E-state index in [1.54, 1.807) is 27.7 Å². The minimum absolute atomic E-state index is 0.0230. The third-order valence-electron chi connectivity index (χ3n) is 11.9. The maximum absolute atomic E-state index is 13.9. The van der Waals surface area contributed by atoms with Crippen LogP contribution in [-0.4, -0.2) is 91.3 Å². The van der Waals surface area contributed by atoms with Crippen molar-refractivity contribution in [3.8, 4) is 0 Å². The molecule has 2 aliphatic heterocycles. The molecule has 0 saturated carbocycles. The molecule has 16 heteroatoms. The Kier molecular flexibility index (Phi) is 15.6. The highest BCUT2D eigenvalue weighted by Crippen LogP contribution is 2.43. The van der Waals surface area contributed by atoms with Gasteiger partial charge in [0.05, 0.1) is 40.6 Å². The second-order valence-corrected chi connectivity index (χ2v) is 17.5. The third kappa shape index (κ3) is 11.5. The second-order valence-electron chi connectivity index (χ2n) is 17.5. The maximum atomic E-state index is 13.9. The Morgan fingerprint density at radius 3 is 2.17 bits per heavy atom. The summed E-state index contributed by atoms with van der Waals surface area (Å²) in [4.78, 5) is 80.9. The summed E-state index contributed by atoms with van der Waals surface area (Å²) in [7, 11) is 0. The number of aromatic carboxylic acids is 1. The number of hydrogen-bond donors (Lipinski definition) is 8. The van der Waals surface area contributed by atoms with Crippen LogP contribution in [-0.2, 0) is 32.0 Å². The Morgan fingerprint density at radius 1 is 0.841 bits per heavy atom. The summed E-state index contributed by atoms with van der Waals surface area (Å²) in [6.07, 6.45) is 2.29. The Hall–Kier alpha value is -6.03. The fourth-order valence-electron chi connectivity index (χ4n) is 8.47. The van der Waals surface area contributed by atoms with Gasteiger partial charge in [0.1, 0.15) is 5.60 Å². The molecule has 0 radical (unpaired) electrons. The van der Waals surface area contributed by atoms with E-state index in [0.717, 1.165) is 45.4 Å². The van der Waals surface area contributed by atoms with Gasteiger partial charge in [-0.25, -0.2) is 14.6 Å². The second kappa shape index (κ2) is 20.4. The molecule has 3 atom stereocenters. The highest BCUT2D eigenvalue weighted by molar-refractivity contribution is 6.03. The smallest absolute Gasteiger partial charge is 0.407 e. The number of ether oxygens (including phenoxy) is 1. The number of fused-ring (bicyclic) bond motifs is 8. The molecule has 3 amide bonds. The van der Waals surface area contributed by atoms with Gasteiger partial charge in [-0.3, -0.25) is 19.4 Å². The van der Waals surface area contributed by atoms with Crippen molar-refractivity contribution in [3.63, 3.8) is 0 Å². The van der Waals surface area contributed by atoms with Crippen LogP contribution < -0.4 is 21.7 Å². The number of carboxylic acids is 2. The molecule has 340 valence electrons. The SMILES string of the molecule is CCC1=C(C)c2cc3[nH]c(cc4nc(c(CC(=O)NCCNC(=O)C(N)CCCCNC(=O)OC(C)(C)C)c5[nH]c(cc1n2)c(C)c5C(=O)O)C(CCC(=O)O)C4C)c(C)c3CC. The van der Waals surface area contributed by atoms with E-state index in [1.807, 2.05) is 26.0 Å². The molecule has 0 spiro atoms. The number of carbonyl (C=O) groups excluding carboxylic acids is 3. The summed E-state index contributed by atoms with van der Waals surface area (Å²) < 4.78 is 5.23. The molecule has 3 aromatic rings. The molecule has 16 nitrogen and oxygen atoms in total. The molecule has 0 saturated heterocycles. The molecule has 63 heavy (non-hydrogen) atoms. The Bertz CT molecular complexity index is 2460. The van der Waals surface area contributed by atoms with Gasteiger partial charge >= 0.3 is 18.0 Å². The Balaban J connectivity index is 1.51. The largest absolute Gasteiger partial charge is 0.481 e. The fraction of sp³-hybridized carbons (Fsp3) is 0.511. The first-order chi connectivity index (χ1) is 29.7. The number of allylic oxidation sites excluding steroid dienone is 2. The lowest BCUT2D eigenvalue weighted by molar-refractivity contribution is -0.137. The Labute approximate surface area is 368 Å². The van der Waals surface area contributed by atoms with Crippen LogP contribution in [0.5, 0.6) is 0 Å². The van der Waals surface area contributed by atoms with Crippen molar-refractivity contribution < 1.29 is 38.9 Å². The molecule has 2 aliphatic rings. The topological polar surface area (TPSA) is 255 Å². The first kappa shape index (κ1) is 48.0. The van der Waals surface area contributed by atoms with Gasteiger partial charge in [0.15, 0.2) is 0 Å². The molecule has 3 aromatic heterocycles. The third-order valence-corrected chi connectivity index (χ3v) is 11.9. The lowest BCUT2D eigenvalue weighted by atomic mass is 9.85. The first-order valence-electron chi connectivity index (χ1n) is 21.9. The van der Waals surface area contributed by atoms with Crippen LogP contribution in [0.25, 0.3) is 33.2 Å². The van der Waals surface area contributed by atoms with Crippen LogP contribution in [0.3, 0.4) is 0 Å². The summed E-state index contributed by atoms with van der Waals surface area (Å²) in [5.74, 6) is -3.76. The predicted octanol–water partition coefficient (Wildman–Crippen LogP) is 7.08. The highest BCUT2D eigenvalue weighted by Gasteiger charge is 2.34. The quantitative estimate of drug-likeness (QED) is 0.0636. The van der Waals surface area contributed by atoms with Gasteiger partial charge in [0, 0.05) is 65.7 Å².